The van der Waals surface area contributed by atoms with Gasteiger partial charge in [0.2, 0.25) is 0 Å². The average molecular weight is 412 g/mol. The Kier molecular flexibility index (Phi) is 7.04. The van der Waals surface area contributed by atoms with Crippen LogP contribution in [0.25, 0.3) is 0 Å². The number of nitrogens with one attached hydrogen (secondary N) is 1. The van der Waals surface area contributed by atoms with Crippen molar-refractivity contribution in [3.05, 3.63) is 78.0 Å². The molecule has 0 bridgehead atoms. The standard InChI is InChI=1S/C24H29NO3S/c1-15(2)25-18(5)21-17(4)22(27-23(26)19-9-7-6-8-10-19)24(28-21)29-20-13-11-16(3)12-14-20/h6-14,17-18,21-22,24-25H,1H2,2-5H3/t17-,18?,21-,22?,24-/m0/s1. The fourth-order valence-electron chi connectivity index (χ4n) is 3.61. The molecule has 2 unspecified atom stereocenters. The molecule has 1 N–H and O–H groups in total. The van der Waals surface area contributed by atoms with Crippen LogP contribution in [-0.2, 0) is 9.47 Å². The largest absolute Gasteiger partial charge is 0.455 e. The number of esters is 1. The molecule has 4 nitrogen and oxygen atoms in total. The molecule has 1 aliphatic rings. The number of thioether (sulfide) groups is 1. The van der Waals surface area contributed by atoms with Crippen molar-refractivity contribution in [1.82, 2.24) is 5.32 Å². The SMILES string of the molecule is C=C(C)NC(C)[C@H]1O[C@@H](Sc2ccc(C)cc2)C(OC(=O)c2ccccc2)[C@H]1C. The van der Waals surface area contributed by atoms with Crippen molar-refractivity contribution in [3.8, 4) is 0 Å². The minimum atomic E-state index is -0.353. The number of benzene rings is 2. The highest BCUT2D eigenvalue weighted by Crippen LogP contribution is 2.40. The Morgan fingerprint density at radius 2 is 1.83 bits per heavy atom. The number of aryl methyl sites for hydroxylation is 1. The van der Waals surface area contributed by atoms with Gasteiger partial charge in [-0.3, -0.25) is 0 Å². The van der Waals surface area contributed by atoms with Crippen molar-refractivity contribution in [3.63, 3.8) is 0 Å². The zero-order valence-electron chi connectivity index (χ0n) is 17.4. The number of hydrogen-bond donors (Lipinski definition) is 1. The molecule has 0 aromatic heterocycles. The van der Waals surface area contributed by atoms with E-state index in [1.54, 1.807) is 23.9 Å². The normalized spacial score (nSPS) is 24.7. The summed E-state index contributed by atoms with van der Waals surface area (Å²) in [7, 11) is 0. The minimum Gasteiger partial charge on any atom is -0.455 e. The lowest BCUT2D eigenvalue weighted by Crippen LogP contribution is -2.40. The van der Waals surface area contributed by atoms with Gasteiger partial charge in [-0.1, -0.05) is 61.2 Å². The lowest BCUT2D eigenvalue weighted by molar-refractivity contribution is 0.0141. The van der Waals surface area contributed by atoms with Gasteiger partial charge in [-0.05, 0) is 45.0 Å². The summed E-state index contributed by atoms with van der Waals surface area (Å²) in [6, 6.07) is 17.5. The first-order valence-corrected chi connectivity index (χ1v) is 10.8. The second-order valence-corrected chi connectivity index (χ2v) is 8.88. The zero-order valence-corrected chi connectivity index (χ0v) is 18.2. The van der Waals surface area contributed by atoms with Crippen molar-refractivity contribution >= 4 is 17.7 Å². The maximum Gasteiger partial charge on any atom is 0.338 e. The van der Waals surface area contributed by atoms with Crippen LogP contribution >= 0.6 is 11.8 Å². The topological polar surface area (TPSA) is 47.6 Å². The molecule has 154 valence electrons. The minimum absolute atomic E-state index is 0.0347. The predicted molar refractivity (Wildman–Crippen MR) is 118 cm³/mol. The molecule has 1 heterocycles. The number of ether oxygens (including phenoxy) is 2. The van der Waals surface area contributed by atoms with E-state index in [0.717, 1.165) is 10.6 Å². The Morgan fingerprint density at radius 3 is 2.45 bits per heavy atom. The molecule has 1 fully saturated rings. The Balaban J connectivity index is 1.80. The van der Waals surface area contributed by atoms with E-state index < -0.39 is 0 Å². The van der Waals surface area contributed by atoms with E-state index in [9.17, 15) is 4.79 Å². The van der Waals surface area contributed by atoms with E-state index >= 15 is 0 Å². The molecule has 5 atom stereocenters. The Hall–Kier alpha value is -2.24. The molecule has 2 aromatic rings. The van der Waals surface area contributed by atoms with E-state index in [2.05, 4.69) is 56.9 Å². The van der Waals surface area contributed by atoms with Crippen LogP contribution < -0.4 is 5.32 Å². The van der Waals surface area contributed by atoms with Gasteiger partial charge >= 0.3 is 5.97 Å². The molecule has 29 heavy (non-hydrogen) atoms. The van der Waals surface area contributed by atoms with Crippen molar-refractivity contribution < 1.29 is 14.3 Å². The third kappa shape index (κ3) is 5.43. The second-order valence-electron chi connectivity index (χ2n) is 7.71. The van der Waals surface area contributed by atoms with Gasteiger partial charge in [0, 0.05) is 22.6 Å². The molecular weight excluding hydrogens is 382 g/mol. The predicted octanol–water partition coefficient (Wildman–Crippen LogP) is 5.19. The maximum absolute atomic E-state index is 12.7. The van der Waals surface area contributed by atoms with Gasteiger partial charge in [0.05, 0.1) is 11.7 Å². The second kappa shape index (κ2) is 9.51. The van der Waals surface area contributed by atoms with E-state index in [4.69, 9.17) is 9.47 Å². The Morgan fingerprint density at radius 1 is 1.17 bits per heavy atom. The summed E-state index contributed by atoms with van der Waals surface area (Å²) in [5.41, 5.74) is 2.37. The van der Waals surface area contributed by atoms with Gasteiger partial charge in [-0.2, -0.15) is 0 Å². The molecule has 0 spiro atoms. The summed E-state index contributed by atoms with van der Waals surface area (Å²) >= 11 is 1.60. The van der Waals surface area contributed by atoms with Crippen LogP contribution in [0.15, 0.2) is 71.8 Å². The van der Waals surface area contributed by atoms with Gasteiger partial charge in [0.15, 0.2) is 0 Å². The summed E-state index contributed by atoms with van der Waals surface area (Å²) < 4.78 is 12.4. The van der Waals surface area contributed by atoms with Gasteiger partial charge in [0.1, 0.15) is 11.5 Å². The Labute approximate surface area is 177 Å². The van der Waals surface area contributed by atoms with E-state index in [-0.39, 0.29) is 35.6 Å². The summed E-state index contributed by atoms with van der Waals surface area (Å²) in [5.74, 6) is -0.283. The summed E-state index contributed by atoms with van der Waals surface area (Å²) in [6.07, 6.45) is -0.448. The summed E-state index contributed by atoms with van der Waals surface area (Å²) in [6.45, 7) is 12.1. The molecule has 3 rings (SSSR count). The van der Waals surface area contributed by atoms with Crippen LogP contribution in [0.5, 0.6) is 0 Å². The van der Waals surface area contributed by atoms with Crippen LogP contribution in [-0.4, -0.2) is 29.7 Å². The number of hydrogen-bond acceptors (Lipinski definition) is 5. The van der Waals surface area contributed by atoms with Gasteiger partial charge in [-0.15, -0.1) is 0 Å². The number of carbonyl (C=O) groups excluding carboxylic acids is 1. The molecule has 0 aliphatic carbocycles. The van der Waals surface area contributed by atoms with Crippen molar-refractivity contribution in [2.75, 3.05) is 0 Å². The van der Waals surface area contributed by atoms with Crippen molar-refractivity contribution in [2.24, 2.45) is 5.92 Å². The summed E-state index contributed by atoms with van der Waals surface area (Å²) in [4.78, 5) is 13.8. The van der Waals surface area contributed by atoms with E-state index in [0.29, 0.717) is 5.56 Å². The van der Waals surface area contributed by atoms with Gasteiger partial charge in [0.25, 0.3) is 0 Å². The molecule has 1 saturated heterocycles. The maximum atomic E-state index is 12.7. The zero-order chi connectivity index (χ0) is 21.0. The lowest BCUT2D eigenvalue weighted by Gasteiger charge is -2.25. The molecule has 1 aliphatic heterocycles. The van der Waals surface area contributed by atoms with Crippen LogP contribution in [0.1, 0.15) is 36.7 Å². The first-order chi connectivity index (χ1) is 13.8. The number of rotatable bonds is 7. The monoisotopic (exact) mass is 411 g/mol. The highest BCUT2D eigenvalue weighted by atomic mass is 32.2. The first-order valence-electron chi connectivity index (χ1n) is 9.92. The molecule has 2 aromatic carbocycles. The fraction of sp³-hybridized carbons (Fsp3) is 0.375. The van der Waals surface area contributed by atoms with Crippen LogP contribution in [0.3, 0.4) is 0 Å². The van der Waals surface area contributed by atoms with Crippen molar-refractivity contribution in [1.29, 1.82) is 0 Å². The van der Waals surface area contributed by atoms with E-state index in [1.165, 1.54) is 5.56 Å². The molecular formula is C24H29NO3S. The smallest absolute Gasteiger partial charge is 0.338 e. The lowest BCUT2D eigenvalue weighted by atomic mass is 9.96. The highest BCUT2D eigenvalue weighted by Gasteiger charge is 2.47. The molecule has 0 amide bonds. The van der Waals surface area contributed by atoms with Crippen molar-refractivity contribution in [2.45, 2.75) is 56.3 Å². The molecule has 5 heteroatoms. The Bertz CT molecular complexity index is 837. The van der Waals surface area contributed by atoms with Crippen LogP contribution in [0, 0.1) is 12.8 Å². The molecule has 0 radical (unpaired) electrons. The number of carbonyl (C=O) groups is 1. The third-order valence-corrected chi connectivity index (χ3v) is 6.24. The van der Waals surface area contributed by atoms with Crippen LogP contribution in [0.4, 0.5) is 0 Å². The summed E-state index contributed by atoms with van der Waals surface area (Å²) in [5, 5.41) is 3.34. The fourth-order valence-corrected chi connectivity index (χ4v) is 4.79. The highest BCUT2D eigenvalue weighted by molar-refractivity contribution is 7.99. The van der Waals surface area contributed by atoms with Gasteiger partial charge < -0.3 is 14.8 Å². The molecule has 0 saturated carbocycles. The average Bonchev–Trinajstić information content (AvgIpc) is 2.99. The third-order valence-electron chi connectivity index (χ3n) is 5.09. The quantitative estimate of drug-likeness (QED) is 0.636. The first kappa shape index (κ1) is 21.5. The van der Waals surface area contributed by atoms with Gasteiger partial charge in [-0.25, -0.2) is 4.79 Å². The number of allylic oxidation sites excluding steroid dienone is 1. The van der Waals surface area contributed by atoms with E-state index in [1.807, 2.05) is 25.1 Å². The van der Waals surface area contributed by atoms with Crippen LogP contribution in [0.2, 0.25) is 0 Å².